The second kappa shape index (κ2) is 8.79. The zero-order chi connectivity index (χ0) is 19.2. The molecule has 1 N–H and O–H groups in total. The van der Waals surface area contributed by atoms with Gasteiger partial charge in [-0.3, -0.25) is 4.79 Å². The highest BCUT2D eigenvalue weighted by atomic mass is 16.1. The molecule has 1 aromatic heterocycles. The number of nitrogens with zero attached hydrogens (tertiary/aromatic N) is 3. The molecular formula is C21H30N4O. The van der Waals surface area contributed by atoms with Gasteiger partial charge in [-0.1, -0.05) is 46.8 Å². The number of aromatic nitrogens is 2. The van der Waals surface area contributed by atoms with Crippen molar-refractivity contribution in [2.24, 2.45) is 0 Å². The summed E-state index contributed by atoms with van der Waals surface area (Å²) < 4.78 is 0. The van der Waals surface area contributed by atoms with Gasteiger partial charge in [0.05, 0.1) is 12.4 Å². The summed E-state index contributed by atoms with van der Waals surface area (Å²) in [5, 5.41) is 2.88. The van der Waals surface area contributed by atoms with E-state index in [0.29, 0.717) is 5.69 Å². The monoisotopic (exact) mass is 354 g/mol. The molecule has 0 fully saturated rings. The number of amides is 1. The van der Waals surface area contributed by atoms with Crippen molar-refractivity contribution in [3.63, 3.8) is 0 Å². The van der Waals surface area contributed by atoms with Crippen molar-refractivity contribution in [1.29, 1.82) is 0 Å². The third-order valence-electron chi connectivity index (χ3n) is 4.19. The van der Waals surface area contributed by atoms with E-state index < -0.39 is 0 Å². The fraction of sp³-hybridized carbons (Fsp3) is 0.476. The molecule has 1 amide bonds. The van der Waals surface area contributed by atoms with Gasteiger partial charge in [0.1, 0.15) is 11.5 Å². The van der Waals surface area contributed by atoms with Crippen molar-refractivity contribution in [3.8, 4) is 0 Å². The molecule has 0 bridgehead atoms. The van der Waals surface area contributed by atoms with E-state index in [-0.39, 0.29) is 11.3 Å². The fourth-order valence-corrected chi connectivity index (χ4v) is 2.73. The van der Waals surface area contributed by atoms with Crippen LogP contribution in [0.2, 0.25) is 0 Å². The maximum Gasteiger partial charge on any atom is 0.275 e. The SMILES string of the molecule is CCCN(CCC)c1cnc(C(=O)Nc2ccc(C(C)(C)C)cc2)cn1. The van der Waals surface area contributed by atoms with Crippen LogP contribution in [0.1, 0.15) is 63.5 Å². The highest BCUT2D eigenvalue weighted by Gasteiger charge is 2.14. The van der Waals surface area contributed by atoms with E-state index in [1.807, 2.05) is 24.3 Å². The first-order valence-electron chi connectivity index (χ1n) is 9.34. The molecule has 5 nitrogen and oxygen atoms in total. The average molecular weight is 354 g/mol. The van der Waals surface area contributed by atoms with Gasteiger partial charge < -0.3 is 10.2 Å². The largest absolute Gasteiger partial charge is 0.355 e. The zero-order valence-electron chi connectivity index (χ0n) is 16.5. The number of hydrogen-bond donors (Lipinski definition) is 1. The summed E-state index contributed by atoms with van der Waals surface area (Å²) in [6.45, 7) is 12.7. The number of hydrogen-bond acceptors (Lipinski definition) is 4. The zero-order valence-corrected chi connectivity index (χ0v) is 16.5. The predicted molar refractivity (Wildman–Crippen MR) is 108 cm³/mol. The average Bonchev–Trinajstić information content (AvgIpc) is 2.61. The Bertz CT molecular complexity index is 696. The molecule has 1 heterocycles. The van der Waals surface area contributed by atoms with Crippen LogP contribution in [0.25, 0.3) is 0 Å². The van der Waals surface area contributed by atoms with Crippen molar-refractivity contribution in [2.45, 2.75) is 52.9 Å². The van der Waals surface area contributed by atoms with Crippen LogP contribution in [0.15, 0.2) is 36.7 Å². The number of benzene rings is 1. The van der Waals surface area contributed by atoms with Gasteiger partial charge in [0, 0.05) is 18.8 Å². The van der Waals surface area contributed by atoms with Gasteiger partial charge in [-0.15, -0.1) is 0 Å². The summed E-state index contributed by atoms with van der Waals surface area (Å²) in [5.74, 6) is 0.574. The standard InChI is InChI=1S/C21H30N4O/c1-6-12-25(13-7-2)19-15-22-18(14-23-19)20(26)24-17-10-8-16(9-11-17)21(3,4)5/h8-11,14-15H,6-7,12-13H2,1-5H3,(H,24,26). The first-order chi connectivity index (χ1) is 12.3. The molecule has 5 heteroatoms. The maximum atomic E-state index is 12.4. The lowest BCUT2D eigenvalue weighted by molar-refractivity contribution is 0.102. The van der Waals surface area contributed by atoms with Crippen LogP contribution < -0.4 is 10.2 Å². The summed E-state index contributed by atoms with van der Waals surface area (Å²) in [5.41, 5.74) is 2.40. The van der Waals surface area contributed by atoms with Crippen LogP contribution in [0.4, 0.5) is 11.5 Å². The molecule has 0 radical (unpaired) electrons. The Labute approximate surface area is 156 Å². The summed E-state index contributed by atoms with van der Waals surface area (Å²) in [6.07, 6.45) is 5.33. The summed E-state index contributed by atoms with van der Waals surface area (Å²) in [6, 6.07) is 7.92. The van der Waals surface area contributed by atoms with Gasteiger partial charge in [-0.2, -0.15) is 0 Å². The minimum atomic E-state index is -0.245. The van der Waals surface area contributed by atoms with Crippen LogP contribution in [-0.4, -0.2) is 29.0 Å². The van der Waals surface area contributed by atoms with Gasteiger partial charge in [0.2, 0.25) is 0 Å². The predicted octanol–water partition coefficient (Wildman–Crippen LogP) is 4.65. The van der Waals surface area contributed by atoms with Crippen LogP contribution in [0, 0.1) is 0 Å². The van der Waals surface area contributed by atoms with E-state index in [1.54, 1.807) is 12.4 Å². The number of anilines is 2. The van der Waals surface area contributed by atoms with E-state index in [0.717, 1.165) is 37.4 Å². The van der Waals surface area contributed by atoms with Crippen molar-refractivity contribution >= 4 is 17.4 Å². The number of rotatable bonds is 7. The van der Waals surface area contributed by atoms with Gasteiger partial charge in [0.25, 0.3) is 5.91 Å². The van der Waals surface area contributed by atoms with E-state index in [4.69, 9.17) is 0 Å². The summed E-state index contributed by atoms with van der Waals surface area (Å²) >= 11 is 0. The van der Waals surface area contributed by atoms with E-state index >= 15 is 0 Å². The van der Waals surface area contributed by atoms with E-state index in [2.05, 4.69) is 54.8 Å². The molecule has 0 saturated carbocycles. The highest BCUT2D eigenvalue weighted by molar-refractivity contribution is 6.02. The molecule has 0 saturated heterocycles. The van der Waals surface area contributed by atoms with Crippen LogP contribution >= 0.6 is 0 Å². The molecule has 2 rings (SSSR count). The highest BCUT2D eigenvalue weighted by Crippen LogP contribution is 2.23. The Morgan fingerprint density at radius 2 is 1.62 bits per heavy atom. The molecule has 0 aliphatic heterocycles. The quantitative estimate of drug-likeness (QED) is 0.786. The molecule has 0 spiro atoms. The molecule has 26 heavy (non-hydrogen) atoms. The lowest BCUT2D eigenvalue weighted by Gasteiger charge is -2.22. The molecule has 0 atom stereocenters. The van der Waals surface area contributed by atoms with Crippen LogP contribution in [-0.2, 0) is 5.41 Å². The summed E-state index contributed by atoms with van der Waals surface area (Å²) in [4.78, 5) is 23.3. The molecule has 140 valence electrons. The topological polar surface area (TPSA) is 58.1 Å². The molecule has 0 aliphatic carbocycles. The van der Waals surface area contributed by atoms with Crippen LogP contribution in [0.5, 0.6) is 0 Å². The number of carbonyl (C=O) groups excluding carboxylic acids is 1. The van der Waals surface area contributed by atoms with Gasteiger partial charge in [-0.25, -0.2) is 9.97 Å². The summed E-state index contributed by atoms with van der Waals surface area (Å²) in [7, 11) is 0. The van der Waals surface area contributed by atoms with E-state index in [1.165, 1.54) is 5.56 Å². The Balaban J connectivity index is 2.05. The Hall–Kier alpha value is -2.43. The molecular weight excluding hydrogens is 324 g/mol. The van der Waals surface area contributed by atoms with Crippen molar-refractivity contribution in [3.05, 3.63) is 47.9 Å². The van der Waals surface area contributed by atoms with E-state index in [9.17, 15) is 4.79 Å². The van der Waals surface area contributed by atoms with Gasteiger partial charge >= 0.3 is 0 Å². The smallest absolute Gasteiger partial charge is 0.275 e. The third kappa shape index (κ3) is 5.28. The Morgan fingerprint density at radius 3 is 2.08 bits per heavy atom. The lowest BCUT2D eigenvalue weighted by atomic mass is 9.87. The first kappa shape index (κ1) is 19.9. The van der Waals surface area contributed by atoms with Gasteiger partial charge in [-0.05, 0) is 36.0 Å². The number of carbonyl (C=O) groups is 1. The molecule has 0 unspecified atom stereocenters. The Kier molecular flexibility index (Phi) is 6.72. The fourth-order valence-electron chi connectivity index (χ4n) is 2.73. The van der Waals surface area contributed by atoms with Crippen molar-refractivity contribution < 1.29 is 4.79 Å². The second-order valence-electron chi connectivity index (χ2n) is 7.53. The third-order valence-corrected chi connectivity index (χ3v) is 4.19. The molecule has 1 aromatic carbocycles. The lowest BCUT2D eigenvalue weighted by Crippen LogP contribution is -2.26. The second-order valence-corrected chi connectivity index (χ2v) is 7.53. The minimum Gasteiger partial charge on any atom is -0.355 e. The van der Waals surface area contributed by atoms with Gasteiger partial charge in [0.15, 0.2) is 0 Å². The normalized spacial score (nSPS) is 11.3. The minimum absolute atomic E-state index is 0.0900. The molecule has 2 aromatic rings. The van der Waals surface area contributed by atoms with Crippen molar-refractivity contribution in [1.82, 2.24) is 9.97 Å². The molecule has 0 aliphatic rings. The first-order valence-corrected chi connectivity index (χ1v) is 9.34. The number of nitrogens with one attached hydrogen (secondary N) is 1. The van der Waals surface area contributed by atoms with Crippen molar-refractivity contribution in [2.75, 3.05) is 23.3 Å². The maximum absolute atomic E-state index is 12.4. The van der Waals surface area contributed by atoms with Crippen LogP contribution in [0.3, 0.4) is 0 Å². The Morgan fingerprint density at radius 1 is 1.00 bits per heavy atom.